The van der Waals surface area contributed by atoms with Gasteiger partial charge < -0.3 is 15.4 Å². The summed E-state index contributed by atoms with van der Waals surface area (Å²) in [5, 5.41) is 2.99. The molecule has 2 heterocycles. The van der Waals surface area contributed by atoms with Gasteiger partial charge in [0.05, 0.1) is 29.6 Å². The van der Waals surface area contributed by atoms with E-state index in [0.717, 1.165) is 23.5 Å². The first-order chi connectivity index (χ1) is 11.1. The van der Waals surface area contributed by atoms with E-state index in [2.05, 4.69) is 4.98 Å². The molecule has 23 heavy (non-hydrogen) atoms. The summed E-state index contributed by atoms with van der Waals surface area (Å²) in [6, 6.07) is 0. The average molecular weight is 339 g/mol. The van der Waals surface area contributed by atoms with Crippen molar-refractivity contribution in [3.05, 3.63) is 16.1 Å². The number of hydrogen-bond acceptors (Lipinski definition) is 6. The molecule has 0 spiro atoms. The Kier molecular flexibility index (Phi) is 6.98. The van der Waals surface area contributed by atoms with Crippen LogP contribution in [0.25, 0.3) is 0 Å². The smallest absolute Gasteiger partial charge is 0.309 e. The van der Waals surface area contributed by atoms with Crippen molar-refractivity contribution < 1.29 is 14.3 Å². The van der Waals surface area contributed by atoms with E-state index in [1.165, 1.54) is 0 Å². The van der Waals surface area contributed by atoms with Gasteiger partial charge in [0, 0.05) is 24.9 Å². The number of nitrogens with zero attached hydrogens (tertiary/aromatic N) is 2. The zero-order chi connectivity index (χ0) is 16.7. The van der Waals surface area contributed by atoms with Crippen molar-refractivity contribution in [2.45, 2.75) is 39.0 Å². The number of esters is 1. The second-order valence-corrected chi connectivity index (χ2v) is 6.65. The Morgan fingerprint density at radius 2 is 2.17 bits per heavy atom. The molecule has 7 heteroatoms. The number of aromatic nitrogens is 1. The third kappa shape index (κ3) is 5.28. The van der Waals surface area contributed by atoms with E-state index in [1.54, 1.807) is 11.3 Å². The summed E-state index contributed by atoms with van der Waals surface area (Å²) in [6.45, 7) is 4.11. The molecule has 0 saturated carbocycles. The Hall–Kier alpha value is -1.47. The third-order valence-electron chi connectivity index (χ3n) is 3.99. The molecule has 1 aromatic heterocycles. The van der Waals surface area contributed by atoms with Gasteiger partial charge in [0.2, 0.25) is 5.91 Å². The van der Waals surface area contributed by atoms with Gasteiger partial charge in [-0.05, 0) is 32.7 Å². The summed E-state index contributed by atoms with van der Waals surface area (Å²) in [6.07, 6.45) is 3.50. The number of amides is 1. The van der Waals surface area contributed by atoms with Crippen LogP contribution in [0.2, 0.25) is 0 Å². The van der Waals surface area contributed by atoms with E-state index in [0.29, 0.717) is 45.5 Å². The lowest BCUT2D eigenvalue weighted by molar-refractivity contribution is -0.151. The molecule has 0 unspecified atom stereocenters. The molecule has 1 saturated heterocycles. The molecule has 0 atom stereocenters. The molecule has 1 aliphatic rings. The highest BCUT2D eigenvalue weighted by atomic mass is 32.1. The lowest BCUT2D eigenvalue weighted by Crippen LogP contribution is -2.41. The van der Waals surface area contributed by atoms with E-state index in [1.807, 2.05) is 17.2 Å². The lowest BCUT2D eigenvalue weighted by atomic mass is 9.97. The molecule has 0 radical (unpaired) electrons. The minimum absolute atomic E-state index is 0.0684. The van der Waals surface area contributed by atoms with Crippen molar-refractivity contribution in [2.75, 3.05) is 26.2 Å². The third-order valence-corrected chi connectivity index (χ3v) is 4.95. The number of likely N-dealkylation sites (tertiary alicyclic amines) is 1. The number of carbonyl (C=O) groups is 2. The van der Waals surface area contributed by atoms with Gasteiger partial charge in [-0.2, -0.15) is 0 Å². The fourth-order valence-corrected chi connectivity index (χ4v) is 3.53. The molecule has 128 valence electrons. The molecule has 1 aromatic rings. The second kappa shape index (κ2) is 8.98. The maximum Gasteiger partial charge on any atom is 0.309 e. The summed E-state index contributed by atoms with van der Waals surface area (Å²) < 4.78 is 5.05. The molecule has 1 amide bonds. The molecule has 1 aliphatic heterocycles. The molecule has 0 aliphatic carbocycles. The van der Waals surface area contributed by atoms with Crippen molar-refractivity contribution in [3.63, 3.8) is 0 Å². The minimum atomic E-state index is -0.136. The van der Waals surface area contributed by atoms with Crippen molar-refractivity contribution in [2.24, 2.45) is 11.7 Å². The number of carbonyl (C=O) groups excluding carboxylic acids is 2. The quantitative estimate of drug-likeness (QED) is 0.759. The Labute approximate surface area is 141 Å². The number of thiazole rings is 1. The fourth-order valence-electron chi connectivity index (χ4n) is 2.69. The largest absolute Gasteiger partial charge is 0.466 e. The van der Waals surface area contributed by atoms with Gasteiger partial charge in [-0.1, -0.05) is 0 Å². The second-order valence-electron chi connectivity index (χ2n) is 5.71. The molecular weight excluding hydrogens is 314 g/mol. The standard InChI is InChI=1S/C16H25N3O3S/c1-2-22-16(21)12-5-8-19(9-6-12)15(20)10-13-11-23-14(18-13)4-3-7-17/h11-12H,2-10,17H2,1H3. The number of aryl methyl sites for hydroxylation is 1. The van der Waals surface area contributed by atoms with Gasteiger partial charge in [-0.3, -0.25) is 9.59 Å². The van der Waals surface area contributed by atoms with Crippen LogP contribution in [0.4, 0.5) is 0 Å². The van der Waals surface area contributed by atoms with Crippen LogP contribution in [-0.2, 0) is 27.2 Å². The molecular formula is C16H25N3O3S. The van der Waals surface area contributed by atoms with E-state index in [-0.39, 0.29) is 17.8 Å². The zero-order valence-electron chi connectivity index (χ0n) is 13.6. The maximum absolute atomic E-state index is 12.3. The molecule has 1 fully saturated rings. The fraction of sp³-hybridized carbons (Fsp3) is 0.688. The van der Waals surface area contributed by atoms with Crippen LogP contribution in [0, 0.1) is 5.92 Å². The summed E-state index contributed by atoms with van der Waals surface area (Å²) in [7, 11) is 0. The molecule has 2 N–H and O–H groups in total. The van der Waals surface area contributed by atoms with Crippen molar-refractivity contribution in [1.29, 1.82) is 0 Å². The van der Waals surface area contributed by atoms with Gasteiger partial charge in [0.15, 0.2) is 0 Å². The Bertz CT molecular complexity index is 524. The van der Waals surface area contributed by atoms with Gasteiger partial charge in [0.1, 0.15) is 0 Å². The van der Waals surface area contributed by atoms with Crippen molar-refractivity contribution in [1.82, 2.24) is 9.88 Å². The number of nitrogens with two attached hydrogens (primary N) is 1. The summed E-state index contributed by atoms with van der Waals surface area (Å²) in [5.41, 5.74) is 6.33. The first-order valence-corrected chi connectivity index (χ1v) is 9.09. The van der Waals surface area contributed by atoms with Crippen LogP contribution in [0.15, 0.2) is 5.38 Å². The van der Waals surface area contributed by atoms with Crippen LogP contribution in [0.1, 0.15) is 36.9 Å². The van der Waals surface area contributed by atoms with Crippen molar-refractivity contribution in [3.8, 4) is 0 Å². The van der Waals surface area contributed by atoms with Gasteiger partial charge >= 0.3 is 5.97 Å². The molecule has 0 aromatic carbocycles. The van der Waals surface area contributed by atoms with E-state index < -0.39 is 0 Å². The predicted octanol–water partition coefficient (Wildman–Crippen LogP) is 1.38. The van der Waals surface area contributed by atoms with Crippen LogP contribution >= 0.6 is 11.3 Å². The van der Waals surface area contributed by atoms with Crippen molar-refractivity contribution >= 4 is 23.2 Å². The van der Waals surface area contributed by atoms with Crippen LogP contribution < -0.4 is 5.73 Å². The highest BCUT2D eigenvalue weighted by Gasteiger charge is 2.28. The maximum atomic E-state index is 12.3. The monoisotopic (exact) mass is 339 g/mol. The summed E-state index contributed by atoms with van der Waals surface area (Å²) >= 11 is 1.59. The zero-order valence-corrected chi connectivity index (χ0v) is 14.4. The van der Waals surface area contributed by atoms with E-state index in [4.69, 9.17) is 10.5 Å². The van der Waals surface area contributed by atoms with Crippen LogP contribution in [0.5, 0.6) is 0 Å². The van der Waals surface area contributed by atoms with Crippen LogP contribution in [0.3, 0.4) is 0 Å². The van der Waals surface area contributed by atoms with Crippen LogP contribution in [-0.4, -0.2) is 48.0 Å². The summed E-state index contributed by atoms with van der Waals surface area (Å²) in [5.74, 6) is -0.118. The summed E-state index contributed by atoms with van der Waals surface area (Å²) in [4.78, 5) is 30.4. The minimum Gasteiger partial charge on any atom is -0.466 e. The Morgan fingerprint density at radius 3 is 2.83 bits per heavy atom. The van der Waals surface area contributed by atoms with E-state index >= 15 is 0 Å². The number of piperidine rings is 1. The number of ether oxygens (including phenoxy) is 1. The number of hydrogen-bond donors (Lipinski definition) is 1. The predicted molar refractivity (Wildman–Crippen MR) is 89.1 cm³/mol. The highest BCUT2D eigenvalue weighted by molar-refractivity contribution is 7.09. The first kappa shape index (κ1) is 17.9. The van der Waals surface area contributed by atoms with Gasteiger partial charge in [-0.25, -0.2) is 4.98 Å². The lowest BCUT2D eigenvalue weighted by Gasteiger charge is -2.30. The number of rotatable bonds is 7. The Morgan fingerprint density at radius 1 is 1.43 bits per heavy atom. The highest BCUT2D eigenvalue weighted by Crippen LogP contribution is 2.20. The normalized spacial score (nSPS) is 15.7. The van der Waals surface area contributed by atoms with Gasteiger partial charge in [-0.15, -0.1) is 11.3 Å². The topological polar surface area (TPSA) is 85.5 Å². The van der Waals surface area contributed by atoms with E-state index in [9.17, 15) is 9.59 Å². The van der Waals surface area contributed by atoms with Gasteiger partial charge in [0.25, 0.3) is 0 Å². The Balaban J connectivity index is 1.78. The SMILES string of the molecule is CCOC(=O)C1CCN(C(=O)Cc2csc(CCCN)n2)CC1. The molecule has 6 nitrogen and oxygen atoms in total. The average Bonchev–Trinajstić information content (AvgIpc) is 3.00. The first-order valence-electron chi connectivity index (χ1n) is 8.21. The molecule has 0 bridgehead atoms. The molecule has 2 rings (SSSR count).